The molecule has 1 fully saturated rings. The van der Waals surface area contributed by atoms with E-state index < -0.39 is 22.8 Å². The molecular formula is C14H18F2O2. The molecule has 2 atom stereocenters. The predicted molar refractivity (Wildman–Crippen MR) is 64.1 cm³/mol. The zero-order chi connectivity index (χ0) is 13.4. The molecule has 4 heteroatoms. The van der Waals surface area contributed by atoms with Gasteiger partial charge in [0.2, 0.25) is 0 Å². The lowest BCUT2D eigenvalue weighted by Gasteiger charge is -2.43. The van der Waals surface area contributed by atoms with Gasteiger partial charge in [-0.3, -0.25) is 0 Å². The maximum absolute atomic E-state index is 13.8. The number of rotatable bonds is 2. The van der Waals surface area contributed by atoms with Crippen LogP contribution < -0.4 is 0 Å². The molecule has 1 aliphatic heterocycles. The molecule has 100 valence electrons. The molecule has 1 aromatic rings. The van der Waals surface area contributed by atoms with Crippen molar-refractivity contribution in [2.75, 3.05) is 6.61 Å². The molecule has 1 saturated heterocycles. The van der Waals surface area contributed by atoms with Crippen LogP contribution in [0.1, 0.15) is 38.7 Å². The highest BCUT2D eigenvalue weighted by molar-refractivity contribution is 5.26. The van der Waals surface area contributed by atoms with E-state index >= 15 is 0 Å². The Kier molecular flexibility index (Phi) is 3.43. The summed E-state index contributed by atoms with van der Waals surface area (Å²) in [5.74, 6) is -1.88. The van der Waals surface area contributed by atoms with Gasteiger partial charge in [-0.2, -0.15) is 0 Å². The van der Waals surface area contributed by atoms with Crippen LogP contribution in [-0.2, 0) is 10.3 Å². The van der Waals surface area contributed by atoms with E-state index in [-0.39, 0.29) is 18.4 Å². The van der Waals surface area contributed by atoms with Gasteiger partial charge in [0.25, 0.3) is 0 Å². The maximum Gasteiger partial charge on any atom is 0.164 e. The van der Waals surface area contributed by atoms with Gasteiger partial charge in [-0.25, -0.2) is 8.78 Å². The second-order valence-corrected chi connectivity index (χ2v) is 5.21. The number of hydrogen-bond acceptors (Lipinski definition) is 2. The minimum atomic E-state index is -1.35. The Balaban J connectivity index is 2.39. The van der Waals surface area contributed by atoms with Crippen LogP contribution in [0.4, 0.5) is 8.78 Å². The van der Waals surface area contributed by atoms with Gasteiger partial charge in [0, 0.05) is 18.4 Å². The topological polar surface area (TPSA) is 29.5 Å². The molecule has 0 aliphatic carbocycles. The molecule has 2 rings (SSSR count). The van der Waals surface area contributed by atoms with E-state index in [4.69, 9.17) is 4.74 Å². The number of halogens is 2. The third-order valence-electron chi connectivity index (χ3n) is 3.83. The predicted octanol–water partition coefficient (Wildman–Crippen LogP) is 3.13. The SMILES string of the molecule is CCC1(C)CC(O)(c2cccc(F)c2F)CCO1. The van der Waals surface area contributed by atoms with Gasteiger partial charge in [0.15, 0.2) is 11.6 Å². The first kappa shape index (κ1) is 13.4. The molecule has 0 saturated carbocycles. The van der Waals surface area contributed by atoms with E-state index in [0.29, 0.717) is 13.0 Å². The van der Waals surface area contributed by atoms with Crippen molar-refractivity contribution in [3.63, 3.8) is 0 Å². The minimum absolute atomic E-state index is 0.0328. The van der Waals surface area contributed by atoms with E-state index in [1.54, 1.807) is 0 Å². The van der Waals surface area contributed by atoms with Crippen molar-refractivity contribution in [3.05, 3.63) is 35.4 Å². The Morgan fingerprint density at radius 2 is 2.11 bits per heavy atom. The molecule has 2 nitrogen and oxygen atoms in total. The number of ether oxygens (including phenoxy) is 1. The van der Waals surface area contributed by atoms with Crippen LogP contribution in [0.2, 0.25) is 0 Å². The van der Waals surface area contributed by atoms with Crippen LogP contribution in [-0.4, -0.2) is 17.3 Å². The second-order valence-electron chi connectivity index (χ2n) is 5.21. The van der Waals surface area contributed by atoms with Gasteiger partial charge < -0.3 is 9.84 Å². The molecule has 2 unspecified atom stereocenters. The largest absolute Gasteiger partial charge is 0.385 e. The summed E-state index contributed by atoms with van der Waals surface area (Å²) < 4.78 is 32.7. The highest BCUT2D eigenvalue weighted by atomic mass is 19.2. The summed E-state index contributed by atoms with van der Waals surface area (Å²) in [6.07, 6.45) is 1.27. The fraction of sp³-hybridized carbons (Fsp3) is 0.571. The Labute approximate surface area is 106 Å². The molecule has 1 aliphatic rings. The monoisotopic (exact) mass is 256 g/mol. The molecule has 1 heterocycles. The highest BCUT2D eigenvalue weighted by Gasteiger charge is 2.43. The average Bonchev–Trinajstić information content (AvgIpc) is 2.32. The van der Waals surface area contributed by atoms with Crippen molar-refractivity contribution in [1.29, 1.82) is 0 Å². The fourth-order valence-corrected chi connectivity index (χ4v) is 2.54. The smallest absolute Gasteiger partial charge is 0.164 e. The van der Waals surface area contributed by atoms with Gasteiger partial charge in [-0.1, -0.05) is 19.1 Å². The lowest BCUT2D eigenvalue weighted by Crippen LogP contribution is -2.45. The molecule has 0 bridgehead atoms. The van der Waals surface area contributed by atoms with E-state index in [1.165, 1.54) is 12.1 Å². The van der Waals surface area contributed by atoms with Crippen molar-refractivity contribution < 1.29 is 18.6 Å². The Morgan fingerprint density at radius 3 is 2.78 bits per heavy atom. The summed E-state index contributed by atoms with van der Waals surface area (Å²) in [5, 5.41) is 10.6. The van der Waals surface area contributed by atoms with E-state index in [1.807, 2.05) is 13.8 Å². The standard InChI is InChI=1S/C14H18F2O2/c1-3-13(2)9-14(17,7-8-18-13)10-5-4-6-11(15)12(10)16/h4-6,17H,3,7-9H2,1-2H3. The van der Waals surface area contributed by atoms with Crippen LogP contribution in [0, 0.1) is 11.6 Å². The molecule has 18 heavy (non-hydrogen) atoms. The van der Waals surface area contributed by atoms with E-state index in [0.717, 1.165) is 6.07 Å². The van der Waals surface area contributed by atoms with E-state index in [2.05, 4.69) is 0 Å². The van der Waals surface area contributed by atoms with Crippen LogP contribution >= 0.6 is 0 Å². The summed E-state index contributed by atoms with van der Waals surface area (Å²) in [7, 11) is 0. The van der Waals surface area contributed by atoms with Crippen LogP contribution in [0.3, 0.4) is 0 Å². The first-order valence-corrected chi connectivity index (χ1v) is 6.21. The van der Waals surface area contributed by atoms with Gasteiger partial charge in [0.1, 0.15) is 0 Å². The molecule has 0 radical (unpaired) electrons. The summed E-state index contributed by atoms with van der Waals surface area (Å²) in [6, 6.07) is 3.92. The molecule has 0 amide bonds. The lowest BCUT2D eigenvalue weighted by molar-refractivity contribution is -0.158. The third-order valence-corrected chi connectivity index (χ3v) is 3.83. The quantitative estimate of drug-likeness (QED) is 0.881. The number of hydrogen-bond donors (Lipinski definition) is 1. The van der Waals surface area contributed by atoms with Crippen LogP contribution in [0.15, 0.2) is 18.2 Å². The third kappa shape index (κ3) is 2.27. The number of benzene rings is 1. The van der Waals surface area contributed by atoms with Crippen molar-refractivity contribution in [2.24, 2.45) is 0 Å². The molecule has 1 aromatic carbocycles. The Bertz CT molecular complexity index is 449. The highest BCUT2D eigenvalue weighted by Crippen LogP contribution is 2.41. The van der Waals surface area contributed by atoms with Crippen molar-refractivity contribution in [2.45, 2.75) is 44.3 Å². The summed E-state index contributed by atoms with van der Waals surface area (Å²) in [6.45, 7) is 4.18. The van der Waals surface area contributed by atoms with Crippen molar-refractivity contribution in [1.82, 2.24) is 0 Å². The maximum atomic E-state index is 13.8. The summed E-state index contributed by atoms with van der Waals surface area (Å²) >= 11 is 0. The summed E-state index contributed by atoms with van der Waals surface area (Å²) in [4.78, 5) is 0. The molecular weight excluding hydrogens is 238 g/mol. The van der Waals surface area contributed by atoms with Gasteiger partial charge in [0.05, 0.1) is 17.8 Å². The average molecular weight is 256 g/mol. The molecule has 0 spiro atoms. The van der Waals surface area contributed by atoms with Crippen molar-refractivity contribution in [3.8, 4) is 0 Å². The first-order valence-electron chi connectivity index (χ1n) is 6.21. The van der Waals surface area contributed by atoms with E-state index in [9.17, 15) is 13.9 Å². The zero-order valence-corrected chi connectivity index (χ0v) is 10.7. The van der Waals surface area contributed by atoms with Gasteiger partial charge >= 0.3 is 0 Å². The zero-order valence-electron chi connectivity index (χ0n) is 10.7. The fourth-order valence-electron chi connectivity index (χ4n) is 2.54. The van der Waals surface area contributed by atoms with Gasteiger partial charge in [-0.05, 0) is 19.4 Å². The number of aliphatic hydroxyl groups is 1. The Morgan fingerprint density at radius 1 is 1.39 bits per heavy atom. The van der Waals surface area contributed by atoms with Crippen LogP contribution in [0.5, 0.6) is 0 Å². The summed E-state index contributed by atoms with van der Waals surface area (Å²) in [5.41, 5.74) is -1.81. The molecule has 1 N–H and O–H groups in total. The normalized spacial score (nSPS) is 32.5. The lowest BCUT2D eigenvalue weighted by atomic mass is 9.77. The Hall–Kier alpha value is -1.00. The molecule has 0 aromatic heterocycles. The minimum Gasteiger partial charge on any atom is -0.385 e. The first-order chi connectivity index (χ1) is 8.40. The second kappa shape index (κ2) is 4.59. The van der Waals surface area contributed by atoms with Crippen molar-refractivity contribution >= 4 is 0 Å². The van der Waals surface area contributed by atoms with Crippen LogP contribution in [0.25, 0.3) is 0 Å². The van der Waals surface area contributed by atoms with Gasteiger partial charge in [-0.15, -0.1) is 0 Å².